The molecule has 5 nitrogen and oxygen atoms in total. The first-order valence-electron chi connectivity index (χ1n) is 10.6. The molecular formula is C25H30N2O3S. The summed E-state index contributed by atoms with van der Waals surface area (Å²) in [5.41, 5.74) is 3.96. The van der Waals surface area contributed by atoms with Crippen molar-refractivity contribution in [2.75, 3.05) is 11.6 Å². The predicted octanol–water partition coefficient (Wildman–Crippen LogP) is 4.28. The molecule has 3 rings (SSSR count). The van der Waals surface area contributed by atoms with Crippen LogP contribution >= 0.6 is 11.8 Å². The summed E-state index contributed by atoms with van der Waals surface area (Å²) in [7, 11) is 0. The van der Waals surface area contributed by atoms with Gasteiger partial charge in [0, 0.05) is 17.9 Å². The van der Waals surface area contributed by atoms with E-state index in [9.17, 15) is 9.59 Å². The third-order valence-electron chi connectivity index (χ3n) is 5.16. The van der Waals surface area contributed by atoms with Gasteiger partial charge in [0.1, 0.15) is 6.04 Å². The number of amides is 2. The van der Waals surface area contributed by atoms with Gasteiger partial charge in [-0.15, -0.1) is 11.8 Å². The number of thioether (sulfide) groups is 1. The van der Waals surface area contributed by atoms with Gasteiger partial charge < -0.3 is 15.0 Å². The summed E-state index contributed by atoms with van der Waals surface area (Å²) in [4.78, 5) is 27.0. The third-order valence-corrected chi connectivity index (χ3v) is 6.18. The van der Waals surface area contributed by atoms with E-state index in [1.165, 1.54) is 0 Å². The number of nitrogens with one attached hydrogen (secondary N) is 1. The Morgan fingerprint density at radius 2 is 1.71 bits per heavy atom. The average molecular weight is 439 g/mol. The number of hydrogen-bond acceptors (Lipinski definition) is 4. The number of allylic oxidation sites excluding steroid dienone is 1. The van der Waals surface area contributed by atoms with Crippen molar-refractivity contribution >= 4 is 23.6 Å². The molecule has 2 amide bonds. The zero-order valence-electron chi connectivity index (χ0n) is 18.2. The van der Waals surface area contributed by atoms with Crippen LogP contribution in [0.3, 0.4) is 0 Å². The van der Waals surface area contributed by atoms with Gasteiger partial charge in [-0.05, 0) is 30.0 Å². The molecule has 1 heterocycles. The molecule has 2 aromatic carbocycles. The number of rotatable bonds is 9. The Hall–Kier alpha value is -2.57. The molecule has 6 heteroatoms. The molecule has 164 valence electrons. The van der Waals surface area contributed by atoms with Crippen LogP contribution in [0, 0.1) is 0 Å². The van der Waals surface area contributed by atoms with E-state index in [4.69, 9.17) is 4.74 Å². The van der Waals surface area contributed by atoms with Crippen LogP contribution in [0.5, 0.6) is 0 Å². The zero-order valence-corrected chi connectivity index (χ0v) is 19.0. The van der Waals surface area contributed by atoms with E-state index in [0.29, 0.717) is 37.0 Å². The van der Waals surface area contributed by atoms with Crippen molar-refractivity contribution in [3.8, 4) is 0 Å². The van der Waals surface area contributed by atoms with Gasteiger partial charge in [0.05, 0.1) is 19.1 Å². The van der Waals surface area contributed by atoms with Gasteiger partial charge in [-0.1, -0.05) is 67.6 Å². The van der Waals surface area contributed by atoms with Gasteiger partial charge >= 0.3 is 0 Å². The lowest BCUT2D eigenvalue weighted by atomic mass is 10.1. The van der Waals surface area contributed by atoms with E-state index >= 15 is 0 Å². The van der Waals surface area contributed by atoms with Crippen LogP contribution < -0.4 is 5.32 Å². The van der Waals surface area contributed by atoms with Crippen molar-refractivity contribution in [1.82, 2.24) is 10.2 Å². The Morgan fingerprint density at radius 1 is 1.06 bits per heavy atom. The number of ether oxygens (including phenoxy) is 1. The molecule has 2 aromatic rings. The molecule has 1 unspecified atom stereocenters. The number of carbonyl (C=O) groups is 2. The van der Waals surface area contributed by atoms with E-state index < -0.39 is 6.04 Å². The number of benzene rings is 2. The number of carbonyl (C=O) groups excluding carboxylic acids is 2. The maximum absolute atomic E-state index is 12.7. The van der Waals surface area contributed by atoms with Crippen LogP contribution in [0.25, 0.3) is 0 Å². The largest absolute Gasteiger partial charge is 0.372 e. The lowest BCUT2D eigenvalue weighted by molar-refractivity contribution is -0.135. The SMILES string of the molecule is CCC=C(C)C(=O)N1CSCC1C(=O)NCc1ccc(COCc2ccccc2)cc1. The lowest BCUT2D eigenvalue weighted by Crippen LogP contribution is -2.47. The fourth-order valence-corrected chi connectivity index (χ4v) is 4.56. The van der Waals surface area contributed by atoms with Gasteiger partial charge in [-0.25, -0.2) is 0 Å². The molecule has 0 saturated carbocycles. The van der Waals surface area contributed by atoms with E-state index in [-0.39, 0.29) is 11.8 Å². The number of hydrogen-bond donors (Lipinski definition) is 1. The second kappa shape index (κ2) is 11.7. The second-order valence-corrected chi connectivity index (χ2v) is 8.60. The summed E-state index contributed by atoms with van der Waals surface area (Å²) in [6.07, 6.45) is 2.72. The van der Waals surface area contributed by atoms with E-state index in [0.717, 1.165) is 23.1 Å². The second-order valence-electron chi connectivity index (χ2n) is 7.60. The van der Waals surface area contributed by atoms with Gasteiger partial charge in [-0.3, -0.25) is 9.59 Å². The van der Waals surface area contributed by atoms with E-state index in [1.54, 1.807) is 16.7 Å². The molecule has 0 aliphatic carbocycles. The Morgan fingerprint density at radius 3 is 2.39 bits per heavy atom. The van der Waals surface area contributed by atoms with Crippen LogP contribution in [0.15, 0.2) is 66.2 Å². The Bertz CT molecular complexity index is 897. The van der Waals surface area contributed by atoms with Crippen molar-refractivity contribution in [2.45, 2.75) is 46.1 Å². The topological polar surface area (TPSA) is 58.6 Å². The lowest BCUT2D eigenvalue weighted by Gasteiger charge is -2.23. The Labute approximate surface area is 188 Å². The molecule has 1 atom stereocenters. The summed E-state index contributed by atoms with van der Waals surface area (Å²) in [5.74, 6) is 1.04. The summed E-state index contributed by atoms with van der Waals surface area (Å²) in [5, 5.41) is 2.98. The molecule has 1 fully saturated rings. The van der Waals surface area contributed by atoms with Crippen LogP contribution in [0.1, 0.15) is 37.0 Å². The monoisotopic (exact) mass is 438 g/mol. The highest BCUT2D eigenvalue weighted by molar-refractivity contribution is 7.99. The Kier molecular flexibility index (Phi) is 8.74. The van der Waals surface area contributed by atoms with Gasteiger partial charge in [0.2, 0.25) is 5.91 Å². The maximum atomic E-state index is 12.7. The van der Waals surface area contributed by atoms with Gasteiger partial charge in [0.25, 0.3) is 5.91 Å². The molecule has 0 spiro atoms. The molecule has 0 radical (unpaired) electrons. The molecule has 1 saturated heterocycles. The van der Waals surface area contributed by atoms with Crippen molar-refractivity contribution < 1.29 is 14.3 Å². The zero-order chi connectivity index (χ0) is 22.1. The number of nitrogens with zero attached hydrogens (tertiary/aromatic N) is 1. The van der Waals surface area contributed by atoms with Gasteiger partial charge in [-0.2, -0.15) is 0 Å². The predicted molar refractivity (Wildman–Crippen MR) is 125 cm³/mol. The molecule has 31 heavy (non-hydrogen) atoms. The average Bonchev–Trinajstić information content (AvgIpc) is 3.29. The first kappa shape index (κ1) is 23.1. The quantitative estimate of drug-likeness (QED) is 0.594. The molecule has 0 bridgehead atoms. The van der Waals surface area contributed by atoms with Crippen molar-refractivity contribution in [1.29, 1.82) is 0 Å². The minimum Gasteiger partial charge on any atom is -0.372 e. The molecule has 0 aromatic heterocycles. The molecule has 1 aliphatic rings. The summed E-state index contributed by atoms with van der Waals surface area (Å²) in [6.45, 7) is 5.38. The van der Waals surface area contributed by atoms with Crippen molar-refractivity contribution in [3.05, 3.63) is 82.9 Å². The van der Waals surface area contributed by atoms with Crippen LogP contribution in [0.2, 0.25) is 0 Å². The first-order valence-corrected chi connectivity index (χ1v) is 11.8. The minimum absolute atomic E-state index is 0.0492. The van der Waals surface area contributed by atoms with E-state index in [1.807, 2.05) is 74.5 Å². The standard InChI is InChI=1S/C25H30N2O3S/c1-3-7-19(2)25(29)27-18-31-17-23(27)24(28)26-14-20-10-12-22(13-11-20)16-30-15-21-8-5-4-6-9-21/h4-13,23H,3,14-18H2,1-2H3,(H,26,28). The summed E-state index contributed by atoms with van der Waals surface area (Å²) < 4.78 is 5.77. The maximum Gasteiger partial charge on any atom is 0.250 e. The minimum atomic E-state index is -0.414. The highest BCUT2D eigenvalue weighted by Gasteiger charge is 2.34. The summed E-state index contributed by atoms with van der Waals surface area (Å²) >= 11 is 1.62. The highest BCUT2D eigenvalue weighted by Crippen LogP contribution is 2.23. The normalized spacial score (nSPS) is 16.4. The molecule has 1 N–H and O–H groups in total. The fraction of sp³-hybridized carbons (Fsp3) is 0.360. The molecule has 1 aliphatic heterocycles. The summed E-state index contributed by atoms with van der Waals surface area (Å²) in [6, 6.07) is 17.7. The molecular weight excluding hydrogens is 408 g/mol. The van der Waals surface area contributed by atoms with Crippen molar-refractivity contribution in [2.24, 2.45) is 0 Å². The van der Waals surface area contributed by atoms with Crippen molar-refractivity contribution in [3.63, 3.8) is 0 Å². The van der Waals surface area contributed by atoms with Crippen LogP contribution in [0.4, 0.5) is 0 Å². The first-order chi connectivity index (χ1) is 15.1. The fourth-order valence-electron chi connectivity index (χ4n) is 3.40. The highest BCUT2D eigenvalue weighted by atomic mass is 32.2. The van der Waals surface area contributed by atoms with E-state index in [2.05, 4.69) is 5.32 Å². The smallest absolute Gasteiger partial charge is 0.250 e. The Balaban J connectivity index is 1.46. The van der Waals surface area contributed by atoms with Gasteiger partial charge in [0.15, 0.2) is 0 Å². The van der Waals surface area contributed by atoms with Crippen LogP contribution in [-0.2, 0) is 34.1 Å². The third kappa shape index (κ3) is 6.71. The van der Waals surface area contributed by atoms with Crippen LogP contribution in [-0.4, -0.2) is 34.4 Å².